The van der Waals surface area contributed by atoms with Crippen molar-refractivity contribution in [2.24, 2.45) is 0 Å². The fourth-order valence-corrected chi connectivity index (χ4v) is 3.58. The molecule has 1 saturated carbocycles. The van der Waals surface area contributed by atoms with Crippen LogP contribution in [0.2, 0.25) is 5.28 Å². The Morgan fingerprint density at radius 2 is 2.20 bits per heavy atom. The Labute approximate surface area is 124 Å². The van der Waals surface area contributed by atoms with Gasteiger partial charge in [0.25, 0.3) is 0 Å². The molecule has 0 bridgehead atoms. The van der Waals surface area contributed by atoms with E-state index in [-0.39, 0.29) is 12.3 Å². The number of rotatable bonds is 3. The summed E-state index contributed by atoms with van der Waals surface area (Å²) in [6, 6.07) is 0.811. The molecule has 6 heteroatoms. The summed E-state index contributed by atoms with van der Waals surface area (Å²) in [6.07, 6.45) is 7.74. The molecule has 1 aromatic rings. The third kappa shape index (κ3) is 2.33. The molecule has 2 heterocycles. The minimum absolute atomic E-state index is 0.0297. The molecule has 0 aromatic carbocycles. The van der Waals surface area contributed by atoms with E-state index in [2.05, 4.69) is 27.1 Å². The average molecular weight is 297 g/mol. The molecule has 0 spiro atoms. The normalized spacial score (nSPS) is 26.4. The average Bonchev–Trinajstić information content (AvgIpc) is 2.98. The molecular formula is C14H21ClN4O. The van der Waals surface area contributed by atoms with Crippen LogP contribution < -0.4 is 10.2 Å². The van der Waals surface area contributed by atoms with Crippen molar-refractivity contribution in [3.05, 3.63) is 11.5 Å². The van der Waals surface area contributed by atoms with E-state index in [1.54, 1.807) is 13.3 Å². The molecular weight excluding hydrogens is 276 g/mol. The zero-order valence-electron chi connectivity index (χ0n) is 12.0. The molecule has 3 rings (SSSR count). The van der Waals surface area contributed by atoms with Gasteiger partial charge in [-0.2, -0.15) is 4.98 Å². The van der Waals surface area contributed by atoms with Crippen molar-refractivity contribution >= 4 is 23.1 Å². The van der Waals surface area contributed by atoms with Gasteiger partial charge in [-0.1, -0.05) is 19.8 Å². The first-order valence-corrected chi connectivity index (χ1v) is 7.72. The largest absolute Gasteiger partial charge is 0.360 e. The maximum atomic E-state index is 6.00. The second kappa shape index (κ2) is 5.74. The lowest BCUT2D eigenvalue weighted by Gasteiger charge is -2.45. The van der Waals surface area contributed by atoms with Crippen LogP contribution in [0.15, 0.2) is 6.20 Å². The third-order valence-corrected chi connectivity index (χ3v) is 4.56. The molecule has 0 amide bonds. The molecule has 0 radical (unpaired) electrons. The van der Waals surface area contributed by atoms with Gasteiger partial charge in [0.1, 0.15) is 6.23 Å². The molecule has 1 unspecified atom stereocenters. The standard InChI is InChI=1S/C14H21ClN4O/c1-3-11-13(20-2)17-10-8-16-14(15)18-12(10)19(11)9-6-4-5-7-9/h8-9,11,13,17H,3-7H2,1-2H3/t11-,13?/m1/s1. The number of hydrogen-bond donors (Lipinski definition) is 1. The van der Waals surface area contributed by atoms with Crippen molar-refractivity contribution < 1.29 is 4.74 Å². The van der Waals surface area contributed by atoms with E-state index < -0.39 is 0 Å². The molecule has 20 heavy (non-hydrogen) atoms. The van der Waals surface area contributed by atoms with Crippen molar-refractivity contribution in [1.82, 2.24) is 9.97 Å². The first-order chi connectivity index (χ1) is 9.74. The van der Waals surface area contributed by atoms with E-state index in [0.717, 1.165) is 17.9 Å². The number of aromatic nitrogens is 2. The summed E-state index contributed by atoms with van der Waals surface area (Å²) in [4.78, 5) is 11.0. The van der Waals surface area contributed by atoms with Crippen LogP contribution in [0.25, 0.3) is 0 Å². The van der Waals surface area contributed by atoms with Crippen molar-refractivity contribution in [1.29, 1.82) is 0 Å². The third-order valence-electron chi connectivity index (χ3n) is 4.38. The highest BCUT2D eigenvalue weighted by Gasteiger charge is 2.39. The molecule has 1 aliphatic heterocycles. The van der Waals surface area contributed by atoms with Gasteiger partial charge in [0, 0.05) is 13.2 Å². The van der Waals surface area contributed by atoms with Crippen LogP contribution in [0.3, 0.4) is 0 Å². The van der Waals surface area contributed by atoms with Crippen LogP contribution in [0.5, 0.6) is 0 Å². The van der Waals surface area contributed by atoms with Gasteiger partial charge in [-0.15, -0.1) is 0 Å². The molecule has 2 atom stereocenters. The number of hydrogen-bond acceptors (Lipinski definition) is 5. The summed E-state index contributed by atoms with van der Waals surface area (Å²) in [7, 11) is 1.74. The summed E-state index contributed by atoms with van der Waals surface area (Å²) in [5.41, 5.74) is 0.915. The minimum Gasteiger partial charge on any atom is -0.360 e. The Hall–Kier alpha value is -1.07. The highest BCUT2D eigenvalue weighted by atomic mass is 35.5. The van der Waals surface area contributed by atoms with Crippen molar-refractivity contribution in [2.75, 3.05) is 17.3 Å². The van der Waals surface area contributed by atoms with E-state index in [1.165, 1.54) is 25.7 Å². The number of fused-ring (bicyclic) bond motifs is 1. The second-order valence-electron chi connectivity index (χ2n) is 5.50. The Balaban J connectivity index is 2.03. The van der Waals surface area contributed by atoms with Crippen molar-refractivity contribution in [2.45, 2.75) is 57.3 Å². The van der Waals surface area contributed by atoms with Gasteiger partial charge in [0.05, 0.1) is 17.9 Å². The van der Waals surface area contributed by atoms with Crippen LogP contribution in [0.4, 0.5) is 11.5 Å². The first kappa shape index (κ1) is 13.9. The van der Waals surface area contributed by atoms with Gasteiger partial charge in [0.2, 0.25) is 5.28 Å². The molecule has 1 fully saturated rings. The highest BCUT2D eigenvalue weighted by Crippen LogP contribution is 2.39. The number of ether oxygens (including phenoxy) is 1. The Morgan fingerprint density at radius 3 is 2.85 bits per heavy atom. The summed E-state index contributed by atoms with van der Waals surface area (Å²) in [5.74, 6) is 0.928. The summed E-state index contributed by atoms with van der Waals surface area (Å²) >= 11 is 6.00. The molecule has 2 aliphatic rings. The number of anilines is 2. The fraction of sp³-hybridized carbons (Fsp3) is 0.714. The number of halogens is 1. The monoisotopic (exact) mass is 296 g/mol. The predicted octanol–water partition coefficient (Wildman–Crippen LogP) is 3.06. The number of nitrogens with one attached hydrogen (secondary N) is 1. The van der Waals surface area contributed by atoms with Crippen molar-refractivity contribution in [3.8, 4) is 0 Å². The maximum absolute atomic E-state index is 6.00. The molecule has 110 valence electrons. The van der Waals surface area contributed by atoms with Crippen LogP contribution in [0.1, 0.15) is 39.0 Å². The van der Waals surface area contributed by atoms with Gasteiger partial charge < -0.3 is 15.0 Å². The van der Waals surface area contributed by atoms with E-state index in [4.69, 9.17) is 16.3 Å². The second-order valence-corrected chi connectivity index (χ2v) is 5.84. The first-order valence-electron chi connectivity index (χ1n) is 7.34. The van der Waals surface area contributed by atoms with Gasteiger partial charge in [0.15, 0.2) is 5.82 Å². The van der Waals surface area contributed by atoms with Crippen molar-refractivity contribution in [3.63, 3.8) is 0 Å². The lowest BCUT2D eigenvalue weighted by molar-refractivity contribution is 0.0917. The Morgan fingerprint density at radius 1 is 1.45 bits per heavy atom. The van der Waals surface area contributed by atoms with Crippen LogP contribution in [0, 0.1) is 0 Å². The maximum Gasteiger partial charge on any atom is 0.224 e. The summed E-state index contributed by atoms with van der Waals surface area (Å²) in [5, 5.41) is 3.69. The van der Waals surface area contributed by atoms with Crippen LogP contribution in [-0.2, 0) is 4.74 Å². The van der Waals surface area contributed by atoms with Gasteiger partial charge in [-0.05, 0) is 30.9 Å². The van der Waals surface area contributed by atoms with Crippen LogP contribution >= 0.6 is 11.6 Å². The fourth-order valence-electron chi connectivity index (χ4n) is 3.46. The molecule has 1 aliphatic carbocycles. The SMILES string of the molecule is CC[C@@H]1C(OC)Nc2cnc(Cl)nc2N1C1CCCC1. The Kier molecular flexibility index (Phi) is 3.98. The molecule has 1 aromatic heterocycles. The topological polar surface area (TPSA) is 50.3 Å². The van der Waals surface area contributed by atoms with E-state index >= 15 is 0 Å². The van der Waals surface area contributed by atoms with E-state index in [9.17, 15) is 0 Å². The Bertz CT molecular complexity index is 478. The van der Waals surface area contributed by atoms with E-state index in [1.807, 2.05) is 0 Å². The number of methoxy groups -OCH3 is 1. The highest BCUT2D eigenvalue weighted by molar-refractivity contribution is 6.28. The van der Waals surface area contributed by atoms with Gasteiger partial charge in [-0.3, -0.25) is 0 Å². The molecule has 1 N–H and O–H groups in total. The summed E-state index contributed by atoms with van der Waals surface area (Å²) in [6.45, 7) is 2.19. The van der Waals surface area contributed by atoms with Gasteiger partial charge >= 0.3 is 0 Å². The predicted molar refractivity (Wildman–Crippen MR) is 80.3 cm³/mol. The number of nitrogens with zero attached hydrogens (tertiary/aromatic N) is 3. The van der Waals surface area contributed by atoms with Gasteiger partial charge in [-0.25, -0.2) is 4.98 Å². The lowest BCUT2D eigenvalue weighted by Crippen LogP contribution is -2.55. The molecule has 0 saturated heterocycles. The lowest BCUT2D eigenvalue weighted by atomic mass is 10.0. The zero-order chi connectivity index (χ0) is 14.1. The minimum atomic E-state index is -0.0297. The smallest absolute Gasteiger partial charge is 0.224 e. The quantitative estimate of drug-likeness (QED) is 0.869. The summed E-state index contributed by atoms with van der Waals surface area (Å²) < 4.78 is 5.63. The van der Waals surface area contributed by atoms with E-state index in [0.29, 0.717) is 11.3 Å². The van der Waals surface area contributed by atoms with Crippen LogP contribution in [-0.4, -0.2) is 35.4 Å². The molecule has 5 nitrogen and oxygen atoms in total. The zero-order valence-corrected chi connectivity index (χ0v) is 12.7.